The molecule has 0 atom stereocenters. The summed E-state index contributed by atoms with van der Waals surface area (Å²) in [5.41, 5.74) is 12.2. The Morgan fingerprint density at radius 3 is 2.26 bits per heavy atom. The molecule has 2 heterocycles. The first-order chi connectivity index (χ1) is 18.6. The molecule has 0 bridgehead atoms. The second-order valence-electron chi connectivity index (χ2n) is 12.2. The van der Waals surface area contributed by atoms with E-state index in [1.54, 1.807) is 13.3 Å². The zero-order chi connectivity index (χ0) is 27.5. The number of carbonyl (C=O) groups is 1. The Labute approximate surface area is 230 Å². The number of pyridine rings is 1. The molecule has 2 aromatic heterocycles. The molecule has 2 aliphatic carbocycles. The van der Waals surface area contributed by atoms with E-state index in [1.165, 1.54) is 53.5 Å². The molecule has 6 rings (SSSR count). The van der Waals surface area contributed by atoms with E-state index in [9.17, 15) is 4.79 Å². The minimum absolute atomic E-state index is 0.119. The van der Waals surface area contributed by atoms with E-state index in [-0.39, 0.29) is 16.8 Å². The van der Waals surface area contributed by atoms with Crippen molar-refractivity contribution in [1.29, 1.82) is 0 Å². The van der Waals surface area contributed by atoms with Gasteiger partial charge in [0.25, 0.3) is 0 Å². The highest BCUT2D eigenvalue weighted by atomic mass is 16.5. The molecule has 0 unspecified atom stereocenters. The van der Waals surface area contributed by atoms with Crippen molar-refractivity contribution in [3.05, 3.63) is 88.9 Å². The molecule has 0 saturated carbocycles. The second kappa shape index (κ2) is 9.11. The van der Waals surface area contributed by atoms with Crippen molar-refractivity contribution in [1.82, 2.24) is 9.55 Å². The number of ether oxygens (including phenoxy) is 2. The molecule has 2 aliphatic rings. The molecule has 0 N–H and O–H groups in total. The van der Waals surface area contributed by atoms with Crippen LogP contribution in [0, 0.1) is 0 Å². The zero-order valence-corrected chi connectivity index (χ0v) is 23.7. The van der Waals surface area contributed by atoms with Crippen LogP contribution in [0.25, 0.3) is 28.1 Å². The fourth-order valence-corrected chi connectivity index (χ4v) is 6.50. The van der Waals surface area contributed by atoms with Gasteiger partial charge in [-0.1, -0.05) is 45.9 Å². The lowest BCUT2D eigenvalue weighted by Gasteiger charge is -2.43. The van der Waals surface area contributed by atoms with Crippen LogP contribution >= 0.6 is 0 Å². The number of hydrogen-bond acceptors (Lipinski definition) is 4. The SMILES string of the molecule is COC(=O)c1ccc(-c2cn(-c3cnccc3OC)c3c2CCc2cc4c(cc2-3)C(C)(C)CCC4(C)C)cc1. The van der Waals surface area contributed by atoms with Gasteiger partial charge in [-0.15, -0.1) is 0 Å². The molecule has 2 aromatic carbocycles. The highest BCUT2D eigenvalue weighted by Crippen LogP contribution is 2.50. The molecule has 5 heteroatoms. The molecule has 0 aliphatic heterocycles. The summed E-state index contributed by atoms with van der Waals surface area (Å²) < 4.78 is 13.0. The lowest BCUT2D eigenvalue weighted by Crippen LogP contribution is -2.34. The predicted octanol–water partition coefficient (Wildman–Crippen LogP) is 7.45. The van der Waals surface area contributed by atoms with Crippen LogP contribution in [-0.2, 0) is 28.4 Å². The molecule has 0 saturated heterocycles. The number of hydrogen-bond donors (Lipinski definition) is 0. The summed E-state index contributed by atoms with van der Waals surface area (Å²) in [5.74, 6) is 0.451. The van der Waals surface area contributed by atoms with Crippen molar-refractivity contribution in [2.75, 3.05) is 14.2 Å². The topological polar surface area (TPSA) is 53.4 Å². The zero-order valence-electron chi connectivity index (χ0n) is 23.7. The normalized spacial score (nSPS) is 16.6. The number of carbonyl (C=O) groups excluding carboxylic acids is 1. The number of esters is 1. The van der Waals surface area contributed by atoms with Crippen LogP contribution in [0.2, 0.25) is 0 Å². The van der Waals surface area contributed by atoms with Crippen LogP contribution in [0.1, 0.15) is 73.1 Å². The fraction of sp³-hybridized carbons (Fsp3) is 0.353. The van der Waals surface area contributed by atoms with Crippen molar-refractivity contribution in [3.63, 3.8) is 0 Å². The summed E-state index contributed by atoms with van der Waals surface area (Å²) in [6.45, 7) is 9.55. The Hall–Kier alpha value is -3.86. The molecule has 39 heavy (non-hydrogen) atoms. The Kier molecular flexibility index (Phi) is 5.94. The van der Waals surface area contributed by atoms with Crippen LogP contribution in [0.3, 0.4) is 0 Å². The summed E-state index contributed by atoms with van der Waals surface area (Å²) >= 11 is 0. The van der Waals surface area contributed by atoms with Gasteiger partial charge in [0, 0.05) is 29.6 Å². The lowest BCUT2D eigenvalue weighted by atomic mass is 9.62. The van der Waals surface area contributed by atoms with Gasteiger partial charge in [-0.2, -0.15) is 0 Å². The van der Waals surface area contributed by atoms with Crippen LogP contribution in [-0.4, -0.2) is 29.7 Å². The molecule has 5 nitrogen and oxygen atoms in total. The predicted molar refractivity (Wildman–Crippen MR) is 155 cm³/mol. The molecular weight excluding hydrogens is 484 g/mol. The molecule has 0 amide bonds. The van der Waals surface area contributed by atoms with Gasteiger partial charge >= 0.3 is 5.97 Å². The van der Waals surface area contributed by atoms with Crippen molar-refractivity contribution >= 4 is 5.97 Å². The van der Waals surface area contributed by atoms with Crippen molar-refractivity contribution in [2.45, 2.75) is 64.2 Å². The summed E-state index contributed by atoms with van der Waals surface area (Å²) in [6.07, 6.45) is 10.2. The highest BCUT2D eigenvalue weighted by Gasteiger charge is 2.39. The summed E-state index contributed by atoms with van der Waals surface area (Å²) in [5, 5.41) is 0. The maximum absolute atomic E-state index is 12.1. The monoisotopic (exact) mass is 520 g/mol. The Morgan fingerprint density at radius 1 is 0.897 bits per heavy atom. The van der Waals surface area contributed by atoms with Crippen molar-refractivity contribution in [2.24, 2.45) is 0 Å². The number of benzene rings is 2. The third-order valence-electron chi connectivity index (χ3n) is 8.94. The molecule has 4 aromatic rings. The summed E-state index contributed by atoms with van der Waals surface area (Å²) in [7, 11) is 3.11. The standard InChI is InChI=1S/C34H36N2O3/c1-33(2)14-15-34(3,4)28-18-25-23(17-27(28)33)11-12-24-26(21-7-9-22(10-8-21)32(37)39-6)20-36(31(24)25)29-19-35-16-13-30(29)38-5/h7-10,13,16-20H,11-12,14-15H2,1-6H3. The highest BCUT2D eigenvalue weighted by molar-refractivity contribution is 5.90. The van der Waals surface area contributed by atoms with Crippen LogP contribution in [0.15, 0.2) is 61.1 Å². The third kappa shape index (κ3) is 4.07. The van der Waals surface area contributed by atoms with Gasteiger partial charge in [-0.25, -0.2) is 4.79 Å². The average Bonchev–Trinajstić information content (AvgIpc) is 3.34. The number of nitrogens with zero attached hydrogens (tertiary/aromatic N) is 2. The lowest BCUT2D eigenvalue weighted by molar-refractivity contribution is 0.0600. The quantitative estimate of drug-likeness (QED) is 0.262. The van der Waals surface area contributed by atoms with Crippen molar-refractivity contribution < 1.29 is 14.3 Å². The van der Waals surface area contributed by atoms with E-state index in [0.29, 0.717) is 5.56 Å². The first-order valence-corrected chi connectivity index (χ1v) is 13.7. The maximum Gasteiger partial charge on any atom is 0.337 e. The van der Waals surface area contributed by atoms with E-state index in [4.69, 9.17) is 9.47 Å². The van der Waals surface area contributed by atoms with Crippen LogP contribution < -0.4 is 4.74 Å². The van der Waals surface area contributed by atoms with Gasteiger partial charge in [-0.3, -0.25) is 4.98 Å². The smallest absolute Gasteiger partial charge is 0.337 e. The van der Waals surface area contributed by atoms with Gasteiger partial charge in [0.2, 0.25) is 0 Å². The number of aryl methyl sites for hydroxylation is 1. The third-order valence-corrected chi connectivity index (χ3v) is 8.94. The van der Waals surface area contributed by atoms with Gasteiger partial charge in [0.15, 0.2) is 0 Å². The molecular formula is C34H36N2O3. The summed E-state index contributed by atoms with van der Waals surface area (Å²) in [6, 6.07) is 14.6. The van der Waals surface area contributed by atoms with E-state index >= 15 is 0 Å². The van der Waals surface area contributed by atoms with Gasteiger partial charge in [-0.05, 0) is 82.5 Å². The first-order valence-electron chi connectivity index (χ1n) is 13.7. The van der Waals surface area contributed by atoms with Gasteiger partial charge in [0.05, 0.1) is 31.7 Å². The Morgan fingerprint density at radius 2 is 1.59 bits per heavy atom. The van der Waals surface area contributed by atoms with Gasteiger partial charge < -0.3 is 14.0 Å². The maximum atomic E-state index is 12.1. The Bertz CT molecular complexity index is 1590. The van der Waals surface area contributed by atoms with E-state index < -0.39 is 0 Å². The number of rotatable bonds is 4. The average molecular weight is 521 g/mol. The fourth-order valence-electron chi connectivity index (χ4n) is 6.50. The molecule has 0 spiro atoms. The minimum atomic E-state index is -0.328. The summed E-state index contributed by atoms with van der Waals surface area (Å²) in [4.78, 5) is 16.5. The molecule has 0 fully saturated rings. The van der Waals surface area contributed by atoms with Crippen LogP contribution in [0.5, 0.6) is 5.75 Å². The second-order valence-corrected chi connectivity index (χ2v) is 12.2. The molecule has 0 radical (unpaired) electrons. The van der Waals surface area contributed by atoms with E-state index in [0.717, 1.165) is 35.4 Å². The van der Waals surface area contributed by atoms with E-state index in [2.05, 4.69) is 55.6 Å². The van der Waals surface area contributed by atoms with Crippen molar-refractivity contribution in [3.8, 4) is 33.8 Å². The minimum Gasteiger partial charge on any atom is -0.494 e. The number of fused-ring (bicyclic) bond motifs is 4. The number of aromatic nitrogens is 2. The number of methoxy groups -OCH3 is 2. The van der Waals surface area contributed by atoms with Crippen LogP contribution in [0.4, 0.5) is 0 Å². The van der Waals surface area contributed by atoms with E-state index in [1.807, 2.05) is 36.5 Å². The first kappa shape index (κ1) is 25.4. The Balaban J connectivity index is 1.61. The molecule has 200 valence electrons. The largest absolute Gasteiger partial charge is 0.494 e. The van der Waals surface area contributed by atoms with Gasteiger partial charge in [0.1, 0.15) is 11.4 Å².